The van der Waals surface area contributed by atoms with E-state index in [0.29, 0.717) is 0 Å². The zero-order chi connectivity index (χ0) is 14.3. The molecule has 1 fully saturated rings. The third-order valence-corrected chi connectivity index (χ3v) is 3.98. The second kappa shape index (κ2) is 4.65. The van der Waals surface area contributed by atoms with Gasteiger partial charge in [-0.05, 0) is 37.5 Å². The van der Waals surface area contributed by atoms with Gasteiger partial charge in [-0.3, -0.25) is 4.79 Å². The summed E-state index contributed by atoms with van der Waals surface area (Å²) in [5, 5.41) is 0. The number of amides is 1. The lowest BCUT2D eigenvalue weighted by Crippen LogP contribution is -2.42. The first kappa shape index (κ1) is 13.2. The smallest absolute Gasteiger partial charge is 0.329 e. The van der Waals surface area contributed by atoms with E-state index in [2.05, 4.69) is 6.08 Å². The van der Waals surface area contributed by atoms with Gasteiger partial charge in [0, 0.05) is 11.6 Å². The Balaban J connectivity index is 1.90. The van der Waals surface area contributed by atoms with Gasteiger partial charge < -0.3 is 4.90 Å². The molecule has 1 amide bonds. The quantitative estimate of drug-likeness (QED) is 0.720. The van der Waals surface area contributed by atoms with Gasteiger partial charge >= 0.3 is 6.18 Å². The number of rotatable bonds is 1. The zero-order valence-electron chi connectivity index (χ0n) is 10.7. The van der Waals surface area contributed by atoms with Gasteiger partial charge in [0.25, 0.3) is 5.91 Å². The fourth-order valence-electron chi connectivity index (χ4n) is 3.02. The van der Waals surface area contributed by atoms with Crippen LogP contribution in [0.1, 0.15) is 35.2 Å². The van der Waals surface area contributed by atoms with Crippen molar-refractivity contribution in [3.63, 3.8) is 0 Å². The first-order chi connectivity index (χ1) is 9.47. The van der Waals surface area contributed by atoms with Crippen LogP contribution in [0.25, 0.3) is 0 Å². The van der Waals surface area contributed by atoms with E-state index in [-0.39, 0.29) is 23.6 Å². The van der Waals surface area contributed by atoms with E-state index in [1.807, 2.05) is 6.08 Å². The molecular formula is C15H14F3NO. The number of hydrogen-bond donors (Lipinski definition) is 0. The van der Waals surface area contributed by atoms with Gasteiger partial charge in [0.1, 0.15) is 0 Å². The van der Waals surface area contributed by atoms with Gasteiger partial charge in [-0.15, -0.1) is 0 Å². The Hall–Kier alpha value is -1.78. The lowest BCUT2D eigenvalue weighted by molar-refractivity contribution is -0.137. The Bertz CT molecular complexity index is 564. The number of nitrogens with zero attached hydrogens (tertiary/aromatic N) is 1. The molecule has 2 bridgehead atoms. The van der Waals surface area contributed by atoms with Crippen molar-refractivity contribution >= 4 is 5.91 Å². The molecule has 0 spiro atoms. The minimum absolute atomic E-state index is 0.0378. The molecule has 2 atom stereocenters. The third-order valence-electron chi connectivity index (χ3n) is 3.98. The summed E-state index contributed by atoms with van der Waals surface area (Å²) in [6.45, 7) is 0. The summed E-state index contributed by atoms with van der Waals surface area (Å²) >= 11 is 0. The summed E-state index contributed by atoms with van der Waals surface area (Å²) < 4.78 is 38.1. The van der Waals surface area contributed by atoms with E-state index >= 15 is 0 Å². The van der Waals surface area contributed by atoms with Crippen LogP contribution in [0.3, 0.4) is 0 Å². The van der Waals surface area contributed by atoms with E-state index in [0.717, 1.165) is 31.4 Å². The highest BCUT2D eigenvalue weighted by Crippen LogP contribution is 2.34. The van der Waals surface area contributed by atoms with Crippen LogP contribution < -0.4 is 0 Å². The molecule has 0 aliphatic carbocycles. The van der Waals surface area contributed by atoms with E-state index in [1.54, 1.807) is 4.90 Å². The van der Waals surface area contributed by atoms with Crippen molar-refractivity contribution in [1.29, 1.82) is 0 Å². The molecule has 2 nitrogen and oxygen atoms in total. The molecule has 1 saturated heterocycles. The van der Waals surface area contributed by atoms with Gasteiger partial charge in [0.2, 0.25) is 0 Å². The molecule has 5 heteroatoms. The van der Waals surface area contributed by atoms with Crippen molar-refractivity contribution in [2.75, 3.05) is 0 Å². The SMILES string of the molecule is O=C(c1cccc(C(F)(F)F)c1)N1C2C=CCC1CC2. The summed E-state index contributed by atoms with van der Waals surface area (Å²) in [5.74, 6) is -0.298. The third kappa shape index (κ3) is 2.21. The van der Waals surface area contributed by atoms with Crippen molar-refractivity contribution < 1.29 is 18.0 Å². The average Bonchev–Trinajstić information content (AvgIpc) is 2.66. The first-order valence-electron chi connectivity index (χ1n) is 6.63. The topological polar surface area (TPSA) is 20.3 Å². The molecule has 0 aromatic heterocycles. The Morgan fingerprint density at radius 3 is 2.75 bits per heavy atom. The van der Waals surface area contributed by atoms with Crippen LogP contribution in [0.2, 0.25) is 0 Å². The molecule has 1 aromatic rings. The van der Waals surface area contributed by atoms with Gasteiger partial charge in [-0.1, -0.05) is 18.2 Å². The summed E-state index contributed by atoms with van der Waals surface area (Å²) in [5.41, 5.74) is -0.657. The van der Waals surface area contributed by atoms with Gasteiger partial charge in [0.05, 0.1) is 11.6 Å². The monoisotopic (exact) mass is 281 g/mol. The lowest BCUT2D eigenvalue weighted by Gasteiger charge is -2.31. The largest absolute Gasteiger partial charge is 0.416 e. The van der Waals surface area contributed by atoms with Gasteiger partial charge in [-0.2, -0.15) is 13.2 Å². The number of carbonyl (C=O) groups excluding carboxylic acids is 1. The molecule has 0 saturated carbocycles. The molecule has 1 aromatic carbocycles. The summed E-state index contributed by atoms with van der Waals surface area (Å²) in [6.07, 6.45) is 2.22. The number of hydrogen-bond acceptors (Lipinski definition) is 1. The molecular weight excluding hydrogens is 267 g/mol. The first-order valence-corrected chi connectivity index (χ1v) is 6.63. The Labute approximate surface area is 114 Å². The van der Waals surface area contributed by atoms with Crippen molar-refractivity contribution in [3.05, 3.63) is 47.5 Å². The van der Waals surface area contributed by atoms with Crippen LogP contribution in [0, 0.1) is 0 Å². The van der Waals surface area contributed by atoms with E-state index in [9.17, 15) is 18.0 Å². The predicted octanol–water partition coefficient (Wildman–Crippen LogP) is 3.64. The average molecular weight is 281 g/mol. The van der Waals surface area contributed by atoms with Gasteiger partial charge in [-0.25, -0.2) is 0 Å². The summed E-state index contributed by atoms with van der Waals surface area (Å²) in [6, 6.07) is 4.84. The van der Waals surface area contributed by atoms with Gasteiger partial charge in [0.15, 0.2) is 0 Å². The highest BCUT2D eigenvalue weighted by atomic mass is 19.4. The lowest BCUT2D eigenvalue weighted by atomic mass is 10.1. The fourth-order valence-corrected chi connectivity index (χ4v) is 3.02. The molecule has 2 aliphatic rings. The molecule has 0 radical (unpaired) electrons. The summed E-state index contributed by atoms with van der Waals surface area (Å²) in [4.78, 5) is 14.2. The van der Waals surface area contributed by atoms with Crippen molar-refractivity contribution in [1.82, 2.24) is 4.90 Å². The minimum atomic E-state index is -4.42. The Kier molecular flexibility index (Phi) is 3.07. The Morgan fingerprint density at radius 2 is 2.05 bits per heavy atom. The molecule has 2 aliphatic heterocycles. The van der Waals surface area contributed by atoms with Crippen molar-refractivity contribution in [3.8, 4) is 0 Å². The minimum Gasteiger partial charge on any atom is -0.329 e. The maximum Gasteiger partial charge on any atom is 0.416 e. The zero-order valence-corrected chi connectivity index (χ0v) is 10.7. The number of carbonyl (C=O) groups is 1. The van der Waals surface area contributed by atoms with Crippen LogP contribution in [-0.4, -0.2) is 22.9 Å². The predicted molar refractivity (Wildman–Crippen MR) is 68.2 cm³/mol. The standard InChI is InChI=1S/C15H14F3NO/c16-15(17,18)11-4-1-3-10(9-11)14(20)19-12-5-2-6-13(19)8-7-12/h1-5,9,12-13H,6-8H2. The molecule has 3 rings (SSSR count). The molecule has 106 valence electrons. The fraction of sp³-hybridized carbons (Fsp3) is 0.400. The maximum absolute atomic E-state index is 12.7. The highest BCUT2D eigenvalue weighted by Gasteiger charge is 2.38. The van der Waals surface area contributed by atoms with E-state index in [1.165, 1.54) is 12.1 Å². The van der Waals surface area contributed by atoms with Crippen LogP contribution in [0.5, 0.6) is 0 Å². The second-order valence-corrected chi connectivity index (χ2v) is 5.25. The van der Waals surface area contributed by atoms with Crippen molar-refractivity contribution in [2.45, 2.75) is 37.5 Å². The summed E-state index contributed by atoms with van der Waals surface area (Å²) in [7, 11) is 0. The molecule has 20 heavy (non-hydrogen) atoms. The number of fused-ring (bicyclic) bond motifs is 2. The van der Waals surface area contributed by atoms with Crippen LogP contribution in [0.4, 0.5) is 13.2 Å². The maximum atomic E-state index is 12.7. The number of alkyl halides is 3. The second-order valence-electron chi connectivity index (χ2n) is 5.25. The highest BCUT2D eigenvalue weighted by molar-refractivity contribution is 5.95. The van der Waals surface area contributed by atoms with Crippen LogP contribution in [-0.2, 0) is 6.18 Å². The van der Waals surface area contributed by atoms with Crippen LogP contribution >= 0.6 is 0 Å². The Morgan fingerprint density at radius 1 is 1.25 bits per heavy atom. The number of benzene rings is 1. The molecule has 0 N–H and O–H groups in total. The van der Waals surface area contributed by atoms with E-state index in [4.69, 9.17) is 0 Å². The molecule has 2 unspecified atom stereocenters. The van der Waals surface area contributed by atoms with Crippen molar-refractivity contribution in [2.24, 2.45) is 0 Å². The number of halogens is 3. The normalized spacial score (nSPS) is 25.1. The van der Waals surface area contributed by atoms with Crippen LogP contribution in [0.15, 0.2) is 36.4 Å². The molecule has 2 heterocycles. The van der Waals surface area contributed by atoms with E-state index < -0.39 is 11.7 Å².